The Hall–Kier alpha value is -2.01. The first-order valence-corrected chi connectivity index (χ1v) is 6.72. The van der Waals surface area contributed by atoms with Crippen molar-refractivity contribution in [1.82, 2.24) is 5.43 Å². The fraction of sp³-hybridized carbons (Fsp3) is 0.0667. The molecule has 0 spiro atoms. The molecule has 2 rings (SSSR count). The molecule has 5 heteroatoms. The van der Waals surface area contributed by atoms with Crippen LogP contribution in [0.2, 0.25) is 0 Å². The van der Waals surface area contributed by atoms with Crippen LogP contribution in [0.5, 0.6) is 0 Å². The Labute approximate surface area is 124 Å². The number of rotatable bonds is 3. The van der Waals surface area contributed by atoms with Crippen molar-refractivity contribution in [2.24, 2.45) is 5.10 Å². The third kappa shape index (κ3) is 3.74. The van der Waals surface area contributed by atoms with Gasteiger partial charge in [0.25, 0.3) is 5.91 Å². The molecule has 0 aliphatic heterocycles. The van der Waals surface area contributed by atoms with Gasteiger partial charge in [-0.2, -0.15) is 5.10 Å². The minimum Gasteiger partial charge on any atom is -0.267 e. The summed E-state index contributed by atoms with van der Waals surface area (Å²) >= 11 is 3.38. The van der Waals surface area contributed by atoms with Gasteiger partial charge in [0, 0.05) is 10.0 Å². The Kier molecular flexibility index (Phi) is 4.63. The summed E-state index contributed by atoms with van der Waals surface area (Å²) in [7, 11) is 0. The first kappa shape index (κ1) is 14.4. The fourth-order valence-electron chi connectivity index (χ4n) is 1.58. The highest BCUT2D eigenvalue weighted by atomic mass is 79.9. The normalized spacial score (nSPS) is 11.2. The molecule has 0 radical (unpaired) electrons. The van der Waals surface area contributed by atoms with Gasteiger partial charge in [-0.15, -0.1) is 0 Å². The average molecular weight is 335 g/mol. The highest BCUT2D eigenvalue weighted by Crippen LogP contribution is 2.12. The fourth-order valence-corrected chi connectivity index (χ4v) is 1.98. The first-order chi connectivity index (χ1) is 9.56. The summed E-state index contributed by atoms with van der Waals surface area (Å²) < 4.78 is 13.7. The Morgan fingerprint density at radius 1 is 1.15 bits per heavy atom. The van der Waals surface area contributed by atoms with Crippen molar-refractivity contribution in [3.05, 3.63) is 69.9 Å². The van der Waals surface area contributed by atoms with Crippen molar-refractivity contribution >= 4 is 27.5 Å². The van der Waals surface area contributed by atoms with Gasteiger partial charge in [0.05, 0.1) is 5.71 Å². The standard InChI is InChI=1S/C15H12BrFN2O/c1-10(12-3-2-4-13(16)9-12)18-19-15(20)11-5-7-14(17)8-6-11/h2-9H,1H3,(H,19,20)/b18-10-. The van der Waals surface area contributed by atoms with Gasteiger partial charge in [-0.1, -0.05) is 28.1 Å². The minimum absolute atomic E-state index is 0.359. The summed E-state index contributed by atoms with van der Waals surface area (Å²) in [5.74, 6) is -0.755. The molecule has 20 heavy (non-hydrogen) atoms. The van der Waals surface area contributed by atoms with E-state index in [2.05, 4.69) is 26.5 Å². The SMILES string of the molecule is C/C(=N/NC(=O)c1ccc(F)cc1)c1cccc(Br)c1. The predicted octanol–water partition coefficient (Wildman–Crippen LogP) is 3.74. The highest BCUT2D eigenvalue weighted by Gasteiger charge is 2.05. The number of amides is 1. The van der Waals surface area contributed by atoms with Crippen molar-refractivity contribution < 1.29 is 9.18 Å². The smallest absolute Gasteiger partial charge is 0.267 e. The molecule has 2 aromatic carbocycles. The van der Waals surface area contributed by atoms with Gasteiger partial charge in [-0.05, 0) is 48.9 Å². The summed E-state index contributed by atoms with van der Waals surface area (Å²) in [5, 5.41) is 4.04. The number of carbonyl (C=O) groups is 1. The van der Waals surface area contributed by atoms with E-state index in [9.17, 15) is 9.18 Å². The zero-order valence-electron chi connectivity index (χ0n) is 10.7. The predicted molar refractivity (Wildman–Crippen MR) is 80.2 cm³/mol. The number of nitrogens with zero attached hydrogens (tertiary/aromatic N) is 1. The maximum Gasteiger partial charge on any atom is 0.271 e. The number of benzene rings is 2. The molecule has 102 valence electrons. The number of halogens is 2. The topological polar surface area (TPSA) is 41.5 Å². The zero-order chi connectivity index (χ0) is 14.5. The van der Waals surface area contributed by atoms with Gasteiger partial charge in [0.1, 0.15) is 5.82 Å². The van der Waals surface area contributed by atoms with Gasteiger partial charge in [0.15, 0.2) is 0 Å². The summed E-state index contributed by atoms with van der Waals surface area (Å²) in [5.41, 5.74) is 4.39. The van der Waals surface area contributed by atoms with Crippen LogP contribution in [-0.2, 0) is 0 Å². The van der Waals surface area contributed by atoms with E-state index in [1.165, 1.54) is 24.3 Å². The molecular weight excluding hydrogens is 323 g/mol. The zero-order valence-corrected chi connectivity index (χ0v) is 12.3. The molecule has 0 fully saturated rings. The van der Waals surface area contributed by atoms with Crippen LogP contribution in [0.15, 0.2) is 58.1 Å². The lowest BCUT2D eigenvalue weighted by atomic mass is 10.1. The summed E-state index contributed by atoms with van der Waals surface area (Å²) in [6.45, 7) is 1.80. The maximum absolute atomic E-state index is 12.8. The molecular formula is C15H12BrFN2O. The van der Waals surface area contributed by atoms with Crippen molar-refractivity contribution in [1.29, 1.82) is 0 Å². The van der Waals surface area contributed by atoms with Crippen LogP contribution in [0.1, 0.15) is 22.8 Å². The number of carbonyl (C=O) groups excluding carboxylic acids is 1. The number of nitrogens with one attached hydrogen (secondary N) is 1. The summed E-state index contributed by atoms with van der Waals surface area (Å²) in [4.78, 5) is 11.8. The van der Waals surface area contributed by atoms with E-state index in [-0.39, 0.29) is 11.7 Å². The quantitative estimate of drug-likeness (QED) is 0.674. The molecule has 0 unspecified atom stereocenters. The van der Waals surface area contributed by atoms with Crippen LogP contribution in [0, 0.1) is 5.82 Å². The molecule has 2 aromatic rings. The molecule has 0 saturated heterocycles. The molecule has 0 saturated carbocycles. The molecule has 3 nitrogen and oxygen atoms in total. The minimum atomic E-state index is -0.379. The van der Waals surface area contributed by atoms with E-state index in [1.54, 1.807) is 6.92 Å². The molecule has 0 atom stereocenters. The van der Waals surface area contributed by atoms with Gasteiger partial charge < -0.3 is 0 Å². The van der Waals surface area contributed by atoms with Crippen molar-refractivity contribution in [2.45, 2.75) is 6.92 Å². The highest BCUT2D eigenvalue weighted by molar-refractivity contribution is 9.10. The van der Waals surface area contributed by atoms with Crippen LogP contribution >= 0.6 is 15.9 Å². The number of hydrazone groups is 1. The second-order valence-electron chi connectivity index (χ2n) is 4.16. The molecule has 0 bridgehead atoms. The van der Waals surface area contributed by atoms with Gasteiger partial charge in [0.2, 0.25) is 0 Å². The van der Waals surface area contributed by atoms with Crippen molar-refractivity contribution in [3.8, 4) is 0 Å². The maximum atomic E-state index is 12.8. The van der Waals surface area contributed by atoms with Gasteiger partial charge >= 0.3 is 0 Å². The van der Waals surface area contributed by atoms with E-state index in [0.29, 0.717) is 11.3 Å². The van der Waals surface area contributed by atoms with Crippen LogP contribution in [0.4, 0.5) is 4.39 Å². The van der Waals surface area contributed by atoms with Crippen LogP contribution < -0.4 is 5.43 Å². The molecule has 0 aliphatic carbocycles. The van der Waals surface area contributed by atoms with E-state index in [0.717, 1.165) is 10.0 Å². The molecule has 1 N–H and O–H groups in total. The second-order valence-corrected chi connectivity index (χ2v) is 5.07. The van der Waals surface area contributed by atoms with E-state index in [4.69, 9.17) is 0 Å². The lowest BCUT2D eigenvalue weighted by Crippen LogP contribution is -2.19. The van der Waals surface area contributed by atoms with Gasteiger partial charge in [-0.25, -0.2) is 9.82 Å². The third-order valence-electron chi connectivity index (χ3n) is 2.67. The number of hydrogen-bond donors (Lipinski definition) is 1. The number of hydrogen-bond acceptors (Lipinski definition) is 2. The first-order valence-electron chi connectivity index (χ1n) is 5.92. The van der Waals surface area contributed by atoms with Gasteiger partial charge in [-0.3, -0.25) is 4.79 Å². The van der Waals surface area contributed by atoms with Crippen LogP contribution in [0.3, 0.4) is 0 Å². The Bertz CT molecular complexity index is 653. The molecule has 1 amide bonds. The lowest BCUT2D eigenvalue weighted by Gasteiger charge is -2.03. The Morgan fingerprint density at radius 3 is 2.50 bits per heavy atom. The molecule has 0 aromatic heterocycles. The monoisotopic (exact) mass is 334 g/mol. The van der Waals surface area contributed by atoms with E-state index in [1.807, 2.05) is 24.3 Å². The molecule has 0 aliphatic rings. The average Bonchev–Trinajstić information content (AvgIpc) is 2.45. The van der Waals surface area contributed by atoms with Crippen molar-refractivity contribution in [2.75, 3.05) is 0 Å². The third-order valence-corrected chi connectivity index (χ3v) is 3.17. The Morgan fingerprint density at radius 2 is 1.85 bits per heavy atom. The van der Waals surface area contributed by atoms with Crippen LogP contribution in [-0.4, -0.2) is 11.6 Å². The van der Waals surface area contributed by atoms with Crippen LogP contribution in [0.25, 0.3) is 0 Å². The van der Waals surface area contributed by atoms with E-state index >= 15 is 0 Å². The van der Waals surface area contributed by atoms with E-state index < -0.39 is 0 Å². The lowest BCUT2D eigenvalue weighted by molar-refractivity contribution is 0.0955. The second kappa shape index (κ2) is 6.43. The largest absolute Gasteiger partial charge is 0.271 e. The van der Waals surface area contributed by atoms with Crippen molar-refractivity contribution in [3.63, 3.8) is 0 Å². The Balaban J connectivity index is 2.08. The summed E-state index contributed by atoms with van der Waals surface area (Å²) in [6, 6.07) is 12.9. The molecule has 0 heterocycles. The summed E-state index contributed by atoms with van der Waals surface area (Å²) in [6.07, 6.45) is 0.